The molecule has 2 N–H and O–H groups in total. The molecule has 20 heavy (non-hydrogen) atoms. The van der Waals surface area contributed by atoms with E-state index < -0.39 is 0 Å². The van der Waals surface area contributed by atoms with E-state index in [1.807, 2.05) is 31.2 Å². The van der Waals surface area contributed by atoms with Crippen LogP contribution in [0.3, 0.4) is 0 Å². The van der Waals surface area contributed by atoms with Crippen LogP contribution in [0.1, 0.15) is 24.8 Å². The molecule has 0 spiro atoms. The van der Waals surface area contributed by atoms with Gasteiger partial charge in [0, 0.05) is 6.42 Å². The Balaban J connectivity index is 1.58. The van der Waals surface area contributed by atoms with Crippen LogP contribution < -0.4 is 10.1 Å². The van der Waals surface area contributed by atoms with E-state index in [0.29, 0.717) is 19.0 Å². The topological polar surface area (TPSA) is 79.9 Å². The number of carbonyl (C=O) groups excluding carboxylic acids is 1. The zero-order chi connectivity index (χ0) is 14.2. The fourth-order valence-electron chi connectivity index (χ4n) is 1.74. The summed E-state index contributed by atoms with van der Waals surface area (Å²) in [7, 11) is 0. The number of benzene rings is 1. The molecular weight excluding hydrogens is 256 g/mol. The van der Waals surface area contributed by atoms with Gasteiger partial charge in [-0.3, -0.25) is 10.1 Å². The van der Waals surface area contributed by atoms with Gasteiger partial charge in [-0.1, -0.05) is 12.1 Å². The molecule has 1 heterocycles. The minimum absolute atomic E-state index is 0.0719. The average molecular weight is 274 g/mol. The zero-order valence-electron chi connectivity index (χ0n) is 11.4. The number of hydrogen-bond acceptors (Lipinski definition) is 4. The van der Waals surface area contributed by atoms with Crippen molar-refractivity contribution in [3.63, 3.8) is 0 Å². The molecule has 6 nitrogen and oxygen atoms in total. The number of amides is 1. The Labute approximate surface area is 117 Å². The third-order valence-electron chi connectivity index (χ3n) is 2.73. The first-order valence-electron chi connectivity index (χ1n) is 6.59. The van der Waals surface area contributed by atoms with E-state index in [0.717, 1.165) is 18.6 Å². The highest BCUT2D eigenvalue weighted by Crippen LogP contribution is 2.13. The van der Waals surface area contributed by atoms with Gasteiger partial charge in [0.1, 0.15) is 12.1 Å². The Bertz CT molecular complexity index is 540. The van der Waals surface area contributed by atoms with Crippen molar-refractivity contribution in [2.24, 2.45) is 0 Å². The van der Waals surface area contributed by atoms with Crippen molar-refractivity contribution in [3.05, 3.63) is 36.2 Å². The van der Waals surface area contributed by atoms with Crippen molar-refractivity contribution in [2.45, 2.75) is 26.2 Å². The number of aromatic amines is 1. The van der Waals surface area contributed by atoms with Gasteiger partial charge in [-0.2, -0.15) is 10.1 Å². The van der Waals surface area contributed by atoms with Gasteiger partial charge < -0.3 is 4.74 Å². The average Bonchev–Trinajstić information content (AvgIpc) is 2.91. The Hall–Kier alpha value is -2.37. The smallest absolute Gasteiger partial charge is 0.226 e. The molecule has 1 aromatic carbocycles. The molecule has 0 unspecified atom stereocenters. The van der Waals surface area contributed by atoms with Crippen molar-refractivity contribution in [1.82, 2.24) is 15.2 Å². The first-order chi connectivity index (χ1) is 9.74. The van der Waals surface area contributed by atoms with Crippen LogP contribution in [0.4, 0.5) is 5.95 Å². The molecule has 0 aliphatic heterocycles. The van der Waals surface area contributed by atoms with E-state index in [-0.39, 0.29) is 5.91 Å². The lowest BCUT2D eigenvalue weighted by atomic mass is 10.2. The number of nitrogens with one attached hydrogen (secondary N) is 2. The molecule has 0 bridgehead atoms. The standard InChI is InChI=1S/C14H18N4O2/c1-11-5-4-6-12(9-11)20-8-3-2-7-13(19)17-14-15-10-16-18-14/h4-6,9-10H,2-3,7-8H2,1H3,(H2,15,16,17,18,19). The molecule has 2 rings (SSSR count). The summed E-state index contributed by atoms with van der Waals surface area (Å²) in [4.78, 5) is 15.4. The minimum atomic E-state index is -0.0719. The summed E-state index contributed by atoms with van der Waals surface area (Å²) in [6.07, 6.45) is 3.40. The summed E-state index contributed by atoms with van der Waals surface area (Å²) in [5, 5.41) is 8.86. The fourth-order valence-corrected chi connectivity index (χ4v) is 1.74. The lowest BCUT2D eigenvalue weighted by molar-refractivity contribution is -0.116. The highest BCUT2D eigenvalue weighted by molar-refractivity contribution is 5.88. The number of hydrogen-bond donors (Lipinski definition) is 2. The number of carbonyl (C=O) groups is 1. The maximum absolute atomic E-state index is 11.5. The van der Waals surface area contributed by atoms with E-state index in [2.05, 4.69) is 20.5 Å². The Kier molecular flexibility index (Phi) is 5.11. The van der Waals surface area contributed by atoms with Crippen LogP contribution in [-0.2, 0) is 4.79 Å². The lowest BCUT2D eigenvalue weighted by Gasteiger charge is -2.06. The molecule has 0 saturated heterocycles. The fraction of sp³-hybridized carbons (Fsp3) is 0.357. The first-order valence-corrected chi connectivity index (χ1v) is 6.59. The molecule has 1 amide bonds. The number of rotatable bonds is 7. The molecule has 106 valence electrons. The number of unbranched alkanes of at least 4 members (excludes halogenated alkanes) is 1. The zero-order valence-corrected chi connectivity index (χ0v) is 11.4. The van der Waals surface area contributed by atoms with Crippen LogP contribution in [0.2, 0.25) is 0 Å². The van der Waals surface area contributed by atoms with Crippen LogP contribution in [0.25, 0.3) is 0 Å². The number of ether oxygens (including phenoxy) is 1. The third kappa shape index (κ3) is 4.72. The van der Waals surface area contributed by atoms with Crippen LogP contribution >= 0.6 is 0 Å². The molecule has 0 fully saturated rings. The Morgan fingerprint density at radius 3 is 3.05 bits per heavy atom. The van der Waals surface area contributed by atoms with E-state index in [9.17, 15) is 4.79 Å². The van der Waals surface area contributed by atoms with Crippen LogP contribution in [0.5, 0.6) is 5.75 Å². The van der Waals surface area contributed by atoms with Gasteiger partial charge in [0.25, 0.3) is 0 Å². The van der Waals surface area contributed by atoms with Gasteiger partial charge >= 0.3 is 0 Å². The normalized spacial score (nSPS) is 10.2. The van der Waals surface area contributed by atoms with Crippen molar-refractivity contribution >= 4 is 11.9 Å². The van der Waals surface area contributed by atoms with Crippen LogP contribution in [0, 0.1) is 6.92 Å². The second kappa shape index (κ2) is 7.28. The van der Waals surface area contributed by atoms with E-state index >= 15 is 0 Å². The van der Waals surface area contributed by atoms with Crippen molar-refractivity contribution in [3.8, 4) is 5.75 Å². The van der Waals surface area contributed by atoms with Crippen LogP contribution in [0.15, 0.2) is 30.6 Å². The summed E-state index contributed by atoms with van der Waals surface area (Å²) >= 11 is 0. The highest BCUT2D eigenvalue weighted by atomic mass is 16.5. The van der Waals surface area contributed by atoms with E-state index in [4.69, 9.17) is 4.74 Å². The summed E-state index contributed by atoms with van der Waals surface area (Å²) in [6.45, 7) is 2.64. The maximum atomic E-state index is 11.5. The SMILES string of the molecule is Cc1cccc(OCCCCC(=O)Nc2ncn[nH]2)c1. The quantitative estimate of drug-likeness (QED) is 0.759. The molecule has 6 heteroatoms. The second-order valence-electron chi connectivity index (χ2n) is 4.50. The monoisotopic (exact) mass is 274 g/mol. The maximum Gasteiger partial charge on any atom is 0.226 e. The summed E-state index contributed by atoms with van der Waals surface area (Å²) in [5.74, 6) is 1.18. The number of anilines is 1. The van der Waals surface area contributed by atoms with Gasteiger partial charge in [-0.25, -0.2) is 5.10 Å². The molecule has 0 radical (unpaired) electrons. The van der Waals surface area contributed by atoms with Crippen molar-refractivity contribution < 1.29 is 9.53 Å². The van der Waals surface area contributed by atoms with Crippen molar-refractivity contribution in [2.75, 3.05) is 11.9 Å². The van der Waals surface area contributed by atoms with Gasteiger partial charge in [0.15, 0.2) is 0 Å². The van der Waals surface area contributed by atoms with Gasteiger partial charge in [-0.05, 0) is 37.5 Å². The molecule has 0 atom stereocenters. The van der Waals surface area contributed by atoms with E-state index in [1.165, 1.54) is 11.9 Å². The molecule has 0 aliphatic carbocycles. The van der Waals surface area contributed by atoms with Gasteiger partial charge in [0.2, 0.25) is 11.9 Å². The number of aryl methyl sites for hydroxylation is 1. The molecule has 0 saturated carbocycles. The second-order valence-corrected chi connectivity index (χ2v) is 4.50. The Morgan fingerprint density at radius 1 is 1.40 bits per heavy atom. The molecule has 1 aromatic heterocycles. The van der Waals surface area contributed by atoms with Crippen LogP contribution in [-0.4, -0.2) is 27.7 Å². The molecule has 0 aliphatic rings. The lowest BCUT2D eigenvalue weighted by Crippen LogP contribution is -2.12. The summed E-state index contributed by atoms with van der Waals surface area (Å²) in [5.41, 5.74) is 1.17. The number of H-pyrrole nitrogens is 1. The van der Waals surface area contributed by atoms with Crippen molar-refractivity contribution in [1.29, 1.82) is 0 Å². The highest BCUT2D eigenvalue weighted by Gasteiger charge is 2.03. The molecular formula is C14H18N4O2. The number of aromatic nitrogens is 3. The van der Waals surface area contributed by atoms with Gasteiger partial charge in [-0.15, -0.1) is 0 Å². The van der Waals surface area contributed by atoms with E-state index in [1.54, 1.807) is 0 Å². The first kappa shape index (κ1) is 14.0. The Morgan fingerprint density at radius 2 is 2.30 bits per heavy atom. The summed E-state index contributed by atoms with van der Waals surface area (Å²) in [6, 6.07) is 7.93. The predicted octanol–water partition coefficient (Wildman–Crippen LogP) is 2.30. The van der Waals surface area contributed by atoms with Gasteiger partial charge in [0.05, 0.1) is 6.61 Å². The number of nitrogens with zero attached hydrogens (tertiary/aromatic N) is 2. The third-order valence-corrected chi connectivity index (χ3v) is 2.73. The largest absolute Gasteiger partial charge is 0.494 e. The summed E-state index contributed by atoms with van der Waals surface area (Å²) < 4.78 is 5.61. The predicted molar refractivity (Wildman–Crippen MR) is 75.5 cm³/mol. The minimum Gasteiger partial charge on any atom is -0.494 e. The molecule has 2 aromatic rings.